The Morgan fingerprint density at radius 3 is 2.65 bits per heavy atom. The molecule has 0 aliphatic carbocycles. The zero-order valence-corrected chi connectivity index (χ0v) is 10.3. The maximum atomic E-state index is 13.0. The van der Waals surface area contributed by atoms with E-state index in [0.717, 1.165) is 24.3 Å². The predicted octanol–water partition coefficient (Wildman–Crippen LogP) is 3.39. The number of halogens is 4. The summed E-state index contributed by atoms with van der Waals surface area (Å²) in [6, 6.07) is 3.55. The molecule has 0 heterocycles. The number of carboxylic acid groups (broad SMARTS) is 1. The van der Waals surface area contributed by atoms with Gasteiger partial charge in [0.1, 0.15) is 5.82 Å². The molecule has 0 amide bonds. The van der Waals surface area contributed by atoms with Crippen molar-refractivity contribution in [2.45, 2.75) is 19.2 Å². The summed E-state index contributed by atoms with van der Waals surface area (Å²) in [5.74, 6) is -1.78. The number of hydrogen-bond donors (Lipinski definition) is 1. The van der Waals surface area contributed by atoms with Gasteiger partial charge in [-0.05, 0) is 29.3 Å². The van der Waals surface area contributed by atoms with Gasteiger partial charge in [-0.25, -0.2) is 9.18 Å². The monoisotopic (exact) mass is 292 g/mol. The molecule has 0 atom stereocenters. The number of aliphatic carboxylic acids is 1. The zero-order valence-electron chi connectivity index (χ0n) is 10.3. The van der Waals surface area contributed by atoms with E-state index >= 15 is 0 Å². The average molecular weight is 292 g/mol. The standard InChI is InChI=1S/C13H12F4O3/c14-11-3-1-10(8-20-6-5-13(15,16)17)9(7-11)2-4-12(18)19/h1-4,7H,5-6,8H2,(H,18,19)/b4-2+. The van der Waals surface area contributed by atoms with E-state index < -0.39 is 31.0 Å². The second-order valence-corrected chi connectivity index (χ2v) is 3.93. The van der Waals surface area contributed by atoms with Gasteiger partial charge in [0.25, 0.3) is 0 Å². The number of benzene rings is 1. The van der Waals surface area contributed by atoms with E-state index in [1.54, 1.807) is 0 Å². The summed E-state index contributed by atoms with van der Waals surface area (Å²) in [5.41, 5.74) is 0.658. The zero-order chi connectivity index (χ0) is 15.2. The van der Waals surface area contributed by atoms with Crippen LogP contribution in [0.25, 0.3) is 6.08 Å². The highest BCUT2D eigenvalue weighted by atomic mass is 19.4. The fourth-order valence-electron chi connectivity index (χ4n) is 1.38. The quantitative estimate of drug-likeness (QED) is 0.496. The summed E-state index contributed by atoms with van der Waals surface area (Å²) < 4.78 is 53.7. The minimum Gasteiger partial charge on any atom is -0.478 e. The fraction of sp³-hybridized carbons (Fsp3) is 0.308. The Kier molecular flexibility index (Phi) is 5.69. The van der Waals surface area contributed by atoms with Crippen LogP contribution in [-0.2, 0) is 16.1 Å². The molecule has 20 heavy (non-hydrogen) atoms. The van der Waals surface area contributed by atoms with Crippen LogP contribution in [0.3, 0.4) is 0 Å². The van der Waals surface area contributed by atoms with Crippen LogP contribution in [0.2, 0.25) is 0 Å². The predicted molar refractivity (Wildman–Crippen MR) is 63.4 cm³/mol. The molecule has 1 aromatic rings. The Morgan fingerprint density at radius 2 is 2.05 bits per heavy atom. The molecule has 1 rings (SSSR count). The molecular formula is C13H12F4O3. The normalized spacial score (nSPS) is 12.0. The first-order valence-corrected chi connectivity index (χ1v) is 5.62. The molecule has 0 fully saturated rings. The minimum absolute atomic E-state index is 0.157. The second kappa shape index (κ2) is 7.04. The molecule has 1 aromatic carbocycles. The number of ether oxygens (including phenoxy) is 1. The highest BCUT2D eigenvalue weighted by Crippen LogP contribution is 2.20. The molecule has 110 valence electrons. The van der Waals surface area contributed by atoms with E-state index in [1.165, 1.54) is 6.07 Å². The van der Waals surface area contributed by atoms with Crippen LogP contribution >= 0.6 is 0 Å². The molecule has 0 unspecified atom stereocenters. The lowest BCUT2D eigenvalue weighted by Crippen LogP contribution is -2.11. The number of hydrogen-bond acceptors (Lipinski definition) is 2. The Balaban J connectivity index is 2.67. The SMILES string of the molecule is O=C(O)/C=C/c1cc(F)ccc1COCCC(F)(F)F. The summed E-state index contributed by atoms with van der Waals surface area (Å²) in [4.78, 5) is 10.4. The van der Waals surface area contributed by atoms with Crippen molar-refractivity contribution in [3.05, 3.63) is 41.2 Å². The number of rotatable bonds is 6. The molecule has 3 nitrogen and oxygen atoms in total. The molecule has 0 aliphatic heterocycles. The lowest BCUT2D eigenvalue weighted by atomic mass is 10.1. The van der Waals surface area contributed by atoms with Crippen LogP contribution in [0.4, 0.5) is 17.6 Å². The van der Waals surface area contributed by atoms with E-state index in [1.807, 2.05) is 0 Å². The first-order valence-electron chi connectivity index (χ1n) is 5.62. The van der Waals surface area contributed by atoms with Crippen LogP contribution in [-0.4, -0.2) is 23.9 Å². The van der Waals surface area contributed by atoms with Crippen molar-refractivity contribution < 1.29 is 32.2 Å². The molecule has 0 saturated carbocycles. The molecule has 0 aliphatic rings. The van der Waals surface area contributed by atoms with Crippen LogP contribution in [0.15, 0.2) is 24.3 Å². The van der Waals surface area contributed by atoms with Crippen LogP contribution in [0.5, 0.6) is 0 Å². The highest BCUT2D eigenvalue weighted by Gasteiger charge is 2.26. The number of alkyl halides is 3. The molecular weight excluding hydrogens is 280 g/mol. The van der Waals surface area contributed by atoms with Crippen LogP contribution < -0.4 is 0 Å². The summed E-state index contributed by atoms with van der Waals surface area (Å²) in [6.07, 6.45) is -3.40. The van der Waals surface area contributed by atoms with E-state index in [9.17, 15) is 22.4 Å². The van der Waals surface area contributed by atoms with Gasteiger partial charge in [0.15, 0.2) is 0 Å². The van der Waals surface area contributed by atoms with Gasteiger partial charge in [0.2, 0.25) is 0 Å². The summed E-state index contributed by atoms with van der Waals surface area (Å²) in [7, 11) is 0. The lowest BCUT2D eigenvalue weighted by molar-refractivity contribution is -0.146. The van der Waals surface area contributed by atoms with Crippen LogP contribution in [0.1, 0.15) is 17.5 Å². The highest BCUT2D eigenvalue weighted by molar-refractivity contribution is 5.85. The Bertz CT molecular complexity index is 495. The number of carbonyl (C=O) groups is 1. The van der Waals surface area contributed by atoms with Crippen molar-refractivity contribution in [1.82, 2.24) is 0 Å². The lowest BCUT2D eigenvalue weighted by Gasteiger charge is -2.09. The summed E-state index contributed by atoms with van der Waals surface area (Å²) in [5, 5.41) is 8.50. The first-order chi connectivity index (χ1) is 9.28. The molecule has 7 heteroatoms. The molecule has 0 radical (unpaired) electrons. The van der Waals surface area contributed by atoms with Crippen molar-refractivity contribution in [2.75, 3.05) is 6.61 Å². The first kappa shape index (κ1) is 16.2. The van der Waals surface area contributed by atoms with Crippen molar-refractivity contribution in [1.29, 1.82) is 0 Å². The van der Waals surface area contributed by atoms with Gasteiger partial charge in [-0.1, -0.05) is 6.07 Å². The van der Waals surface area contributed by atoms with Crippen LogP contribution in [0, 0.1) is 5.82 Å². The topological polar surface area (TPSA) is 46.5 Å². The van der Waals surface area contributed by atoms with Gasteiger partial charge in [-0.15, -0.1) is 0 Å². The van der Waals surface area contributed by atoms with E-state index in [-0.39, 0.29) is 12.2 Å². The van der Waals surface area contributed by atoms with E-state index in [2.05, 4.69) is 0 Å². The Hall–Kier alpha value is -1.89. The third kappa shape index (κ3) is 6.33. The van der Waals surface area contributed by atoms with Gasteiger partial charge in [-0.3, -0.25) is 0 Å². The van der Waals surface area contributed by atoms with Gasteiger partial charge in [-0.2, -0.15) is 13.2 Å². The smallest absolute Gasteiger partial charge is 0.391 e. The Morgan fingerprint density at radius 1 is 1.35 bits per heavy atom. The minimum atomic E-state index is -4.30. The average Bonchev–Trinajstić information content (AvgIpc) is 2.32. The summed E-state index contributed by atoms with van der Waals surface area (Å²) in [6.45, 7) is -0.668. The second-order valence-electron chi connectivity index (χ2n) is 3.93. The molecule has 0 spiro atoms. The molecule has 1 N–H and O–H groups in total. The molecule has 0 saturated heterocycles. The molecule has 0 aromatic heterocycles. The maximum absolute atomic E-state index is 13.0. The van der Waals surface area contributed by atoms with Gasteiger partial charge in [0.05, 0.1) is 19.6 Å². The number of carboxylic acids is 1. The largest absolute Gasteiger partial charge is 0.478 e. The van der Waals surface area contributed by atoms with Gasteiger partial charge in [0, 0.05) is 6.08 Å². The van der Waals surface area contributed by atoms with Crippen molar-refractivity contribution in [3.8, 4) is 0 Å². The third-order valence-corrected chi connectivity index (χ3v) is 2.30. The van der Waals surface area contributed by atoms with E-state index in [4.69, 9.17) is 9.84 Å². The third-order valence-electron chi connectivity index (χ3n) is 2.30. The van der Waals surface area contributed by atoms with Gasteiger partial charge < -0.3 is 9.84 Å². The van der Waals surface area contributed by atoms with Crippen molar-refractivity contribution in [3.63, 3.8) is 0 Å². The van der Waals surface area contributed by atoms with Crippen molar-refractivity contribution >= 4 is 12.0 Å². The van der Waals surface area contributed by atoms with Crippen molar-refractivity contribution in [2.24, 2.45) is 0 Å². The van der Waals surface area contributed by atoms with E-state index in [0.29, 0.717) is 5.56 Å². The Labute approximate surface area is 112 Å². The molecule has 0 bridgehead atoms. The maximum Gasteiger partial charge on any atom is 0.391 e. The fourth-order valence-corrected chi connectivity index (χ4v) is 1.38. The summed E-state index contributed by atoms with van der Waals surface area (Å²) >= 11 is 0. The van der Waals surface area contributed by atoms with Gasteiger partial charge >= 0.3 is 12.1 Å².